The maximum atomic E-state index is 4.25. The summed E-state index contributed by atoms with van der Waals surface area (Å²) in [6.07, 6.45) is 2.21. The molecule has 0 fully saturated rings. The van der Waals surface area contributed by atoms with Crippen molar-refractivity contribution in [2.75, 3.05) is 0 Å². The highest BCUT2D eigenvalue weighted by Gasteiger charge is 2.30. The first kappa shape index (κ1) is 20.9. The molecule has 0 aromatic heterocycles. The van der Waals surface area contributed by atoms with Crippen molar-refractivity contribution in [3.05, 3.63) is 70.8 Å². The lowest BCUT2D eigenvalue weighted by Gasteiger charge is -2.36. The predicted molar refractivity (Wildman–Crippen MR) is 135 cm³/mol. The van der Waals surface area contributed by atoms with E-state index in [9.17, 15) is 0 Å². The molecular weight excluding hydrogens is 360 g/mol. The molecule has 0 bridgehead atoms. The molecule has 0 aliphatic rings. The SMILES string of the molecule is C=C(C)C(C)(C)CC(C)(C)Cc1cc(C)c2ccc3c(C)cc(C)c4ccc1c2c34. The molecule has 0 unspecified atom stereocenters. The van der Waals surface area contributed by atoms with Gasteiger partial charge in [-0.05, 0) is 106 Å². The lowest BCUT2D eigenvalue weighted by molar-refractivity contribution is 0.226. The average molecular weight is 397 g/mol. The van der Waals surface area contributed by atoms with Gasteiger partial charge in [0.25, 0.3) is 0 Å². The van der Waals surface area contributed by atoms with Gasteiger partial charge < -0.3 is 0 Å². The zero-order chi connectivity index (χ0) is 22.0. The highest BCUT2D eigenvalue weighted by molar-refractivity contribution is 6.25. The fraction of sp³-hybridized carbons (Fsp3) is 0.400. The minimum atomic E-state index is 0.149. The Morgan fingerprint density at radius 1 is 0.733 bits per heavy atom. The third kappa shape index (κ3) is 3.31. The Morgan fingerprint density at radius 2 is 1.17 bits per heavy atom. The summed E-state index contributed by atoms with van der Waals surface area (Å²) < 4.78 is 0. The van der Waals surface area contributed by atoms with E-state index in [4.69, 9.17) is 0 Å². The molecule has 0 nitrogen and oxygen atoms in total. The van der Waals surface area contributed by atoms with Gasteiger partial charge >= 0.3 is 0 Å². The lowest BCUT2D eigenvalue weighted by atomic mass is 9.69. The monoisotopic (exact) mass is 396 g/mol. The van der Waals surface area contributed by atoms with Crippen LogP contribution in [0.1, 0.15) is 63.3 Å². The van der Waals surface area contributed by atoms with E-state index >= 15 is 0 Å². The molecule has 0 aliphatic carbocycles. The minimum Gasteiger partial charge on any atom is -0.0996 e. The van der Waals surface area contributed by atoms with Crippen LogP contribution in [0.3, 0.4) is 0 Å². The zero-order valence-corrected chi connectivity index (χ0v) is 20.1. The molecule has 4 rings (SSSR count). The number of aryl methyl sites for hydroxylation is 3. The topological polar surface area (TPSA) is 0 Å². The smallest absolute Gasteiger partial charge is 0.00212 e. The Hall–Kier alpha value is -2.34. The van der Waals surface area contributed by atoms with Crippen molar-refractivity contribution in [3.63, 3.8) is 0 Å². The minimum absolute atomic E-state index is 0.149. The van der Waals surface area contributed by atoms with E-state index in [1.807, 2.05) is 0 Å². The molecular formula is C30H36. The van der Waals surface area contributed by atoms with Crippen LogP contribution >= 0.6 is 0 Å². The van der Waals surface area contributed by atoms with Crippen molar-refractivity contribution in [1.29, 1.82) is 0 Å². The summed E-state index contributed by atoms with van der Waals surface area (Å²) in [4.78, 5) is 0. The molecule has 0 saturated carbocycles. The number of hydrogen-bond acceptors (Lipinski definition) is 0. The largest absolute Gasteiger partial charge is 0.0996 e. The molecule has 0 radical (unpaired) electrons. The van der Waals surface area contributed by atoms with Crippen molar-refractivity contribution < 1.29 is 0 Å². The molecule has 0 saturated heterocycles. The van der Waals surface area contributed by atoms with Crippen LogP contribution in [0.2, 0.25) is 0 Å². The van der Waals surface area contributed by atoms with Gasteiger partial charge in [-0.25, -0.2) is 0 Å². The molecule has 4 aromatic rings. The van der Waals surface area contributed by atoms with E-state index in [1.165, 1.54) is 60.1 Å². The fourth-order valence-corrected chi connectivity index (χ4v) is 5.72. The van der Waals surface area contributed by atoms with Crippen LogP contribution in [0.15, 0.2) is 48.6 Å². The molecule has 156 valence electrons. The molecule has 0 N–H and O–H groups in total. The summed E-state index contributed by atoms with van der Waals surface area (Å²) in [7, 11) is 0. The van der Waals surface area contributed by atoms with E-state index in [-0.39, 0.29) is 10.8 Å². The molecule has 0 atom stereocenters. The van der Waals surface area contributed by atoms with Crippen molar-refractivity contribution >= 4 is 32.3 Å². The van der Waals surface area contributed by atoms with Crippen LogP contribution in [0.25, 0.3) is 32.3 Å². The van der Waals surface area contributed by atoms with Gasteiger partial charge in [-0.15, -0.1) is 0 Å². The molecule has 0 aliphatic heterocycles. The second-order valence-electron chi connectivity index (χ2n) is 11.1. The van der Waals surface area contributed by atoms with Crippen LogP contribution in [0.4, 0.5) is 0 Å². The second kappa shape index (κ2) is 6.84. The van der Waals surface area contributed by atoms with Gasteiger partial charge in [-0.3, -0.25) is 0 Å². The van der Waals surface area contributed by atoms with Gasteiger partial charge in [0, 0.05) is 0 Å². The van der Waals surface area contributed by atoms with Crippen LogP contribution in [0, 0.1) is 31.6 Å². The zero-order valence-electron chi connectivity index (χ0n) is 20.1. The predicted octanol–water partition coefficient (Wildman–Crippen LogP) is 9.07. The maximum Gasteiger partial charge on any atom is -0.00212 e. The average Bonchev–Trinajstić information content (AvgIpc) is 2.62. The maximum absolute atomic E-state index is 4.25. The summed E-state index contributed by atoms with van der Waals surface area (Å²) in [6, 6.07) is 14.2. The van der Waals surface area contributed by atoms with E-state index in [0.717, 1.165) is 12.8 Å². The van der Waals surface area contributed by atoms with Crippen LogP contribution in [0.5, 0.6) is 0 Å². The first-order valence-electron chi connectivity index (χ1n) is 11.2. The summed E-state index contributed by atoms with van der Waals surface area (Å²) in [6.45, 7) is 22.7. The van der Waals surface area contributed by atoms with Gasteiger partial charge in [0.1, 0.15) is 0 Å². The first-order chi connectivity index (χ1) is 13.9. The van der Waals surface area contributed by atoms with E-state index in [1.54, 1.807) is 0 Å². The van der Waals surface area contributed by atoms with E-state index < -0.39 is 0 Å². The number of rotatable bonds is 5. The van der Waals surface area contributed by atoms with Crippen molar-refractivity contribution in [2.45, 2.75) is 68.2 Å². The van der Waals surface area contributed by atoms with E-state index in [0.29, 0.717) is 0 Å². The Bertz CT molecular complexity index is 1260. The van der Waals surface area contributed by atoms with Gasteiger partial charge in [0.05, 0.1) is 0 Å². The number of allylic oxidation sites excluding steroid dienone is 1. The highest BCUT2D eigenvalue weighted by atomic mass is 14.3. The quantitative estimate of drug-likeness (QED) is 0.233. The Labute approximate surface area is 182 Å². The Kier molecular flexibility index (Phi) is 4.77. The molecule has 0 heterocycles. The molecule has 30 heavy (non-hydrogen) atoms. The third-order valence-corrected chi connectivity index (χ3v) is 7.35. The summed E-state index contributed by atoms with van der Waals surface area (Å²) in [5, 5.41) is 8.53. The van der Waals surface area contributed by atoms with Gasteiger partial charge in [-0.2, -0.15) is 0 Å². The van der Waals surface area contributed by atoms with Crippen LogP contribution in [-0.2, 0) is 6.42 Å². The molecule has 0 amide bonds. The summed E-state index contributed by atoms with van der Waals surface area (Å²) in [5.74, 6) is 0. The Balaban J connectivity index is 1.95. The van der Waals surface area contributed by atoms with Gasteiger partial charge in [0.2, 0.25) is 0 Å². The van der Waals surface area contributed by atoms with Crippen molar-refractivity contribution in [2.24, 2.45) is 10.8 Å². The van der Waals surface area contributed by atoms with Crippen molar-refractivity contribution in [1.82, 2.24) is 0 Å². The normalized spacial score (nSPS) is 13.1. The number of hydrogen-bond donors (Lipinski definition) is 0. The Morgan fingerprint density at radius 3 is 1.67 bits per heavy atom. The second-order valence-corrected chi connectivity index (χ2v) is 11.1. The number of benzene rings is 4. The summed E-state index contributed by atoms with van der Waals surface area (Å²) >= 11 is 0. The van der Waals surface area contributed by atoms with Gasteiger partial charge in [0.15, 0.2) is 0 Å². The lowest BCUT2D eigenvalue weighted by Crippen LogP contribution is -2.26. The van der Waals surface area contributed by atoms with Crippen molar-refractivity contribution in [3.8, 4) is 0 Å². The highest BCUT2D eigenvalue weighted by Crippen LogP contribution is 2.44. The van der Waals surface area contributed by atoms with Crippen LogP contribution in [-0.4, -0.2) is 0 Å². The van der Waals surface area contributed by atoms with Crippen LogP contribution < -0.4 is 0 Å². The van der Waals surface area contributed by atoms with E-state index in [2.05, 4.69) is 98.4 Å². The third-order valence-electron chi connectivity index (χ3n) is 7.35. The first-order valence-corrected chi connectivity index (χ1v) is 11.2. The van der Waals surface area contributed by atoms with Gasteiger partial charge in [-0.1, -0.05) is 76.2 Å². The fourth-order valence-electron chi connectivity index (χ4n) is 5.72. The molecule has 0 spiro atoms. The summed E-state index contributed by atoms with van der Waals surface area (Å²) in [5.41, 5.74) is 7.24. The standard InChI is InChI=1S/C30H36/c1-18(2)30(8,9)17-29(6,7)16-22-15-21(5)25-11-10-23-19(3)14-20(4)24-12-13-26(22)28(25)27(23)24/h10-15H,1,16-17H2,2-9H3. The molecule has 4 aromatic carbocycles. The molecule has 0 heteroatoms.